The third kappa shape index (κ3) is 4.20. The summed E-state index contributed by atoms with van der Waals surface area (Å²) in [6, 6.07) is 3.88. The highest BCUT2D eigenvalue weighted by molar-refractivity contribution is 5.98. The monoisotopic (exact) mass is 330 g/mol. The number of carbonyl (C=O) groups is 1. The largest absolute Gasteiger partial charge is 0.507 e. The fraction of sp³-hybridized carbons (Fsp3) is 0.682. The van der Waals surface area contributed by atoms with Crippen molar-refractivity contribution in [2.45, 2.75) is 90.9 Å². The van der Waals surface area contributed by atoms with E-state index in [1.807, 2.05) is 12.1 Å². The van der Waals surface area contributed by atoms with Gasteiger partial charge in [0.25, 0.3) is 0 Å². The van der Waals surface area contributed by atoms with Crippen LogP contribution < -0.4 is 0 Å². The van der Waals surface area contributed by atoms with E-state index in [2.05, 4.69) is 41.5 Å². The Morgan fingerprint density at radius 3 is 1.67 bits per heavy atom. The van der Waals surface area contributed by atoms with Crippen LogP contribution in [0.25, 0.3) is 0 Å². The van der Waals surface area contributed by atoms with E-state index >= 15 is 0 Å². The molecule has 0 radical (unpaired) electrons. The van der Waals surface area contributed by atoms with Crippen molar-refractivity contribution >= 4 is 5.78 Å². The lowest BCUT2D eigenvalue weighted by Crippen LogP contribution is -2.21. The summed E-state index contributed by atoms with van der Waals surface area (Å²) in [7, 11) is 0. The molecule has 1 saturated carbocycles. The highest BCUT2D eigenvalue weighted by atomic mass is 16.3. The lowest BCUT2D eigenvalue weighted by atomic mass is 9.77. The number of rotatable bonds is 2. The van der Waals surface area contributed by atoms with Crippen molar-refractivity contribution < 1.29 is 9.90 Å². The Hall–Kier alpha value is -1.31. The van der Waals surface area contributed by atoms with Gasteiger partial charge in [0, 0.05) is 22.6 Å². The molecule has 0 bridgehead atoms. The summed E-state index contributed by atoms with van der Waals surface area (Å²) in [5.41, 5.74) is 2.17. The van der Waals surface area contributed by atoms with Gasteiger partial charge in [-0.3, -0.25) is 4.79 Å². The fourth-order valence-electron chi connectivity index (χ4n) is 3.70. The minimum absolute atomic E-state index is 0.151. The van der Waals surface area contributed by atoms with E-state index in [1.165, 1.54) is 12.8 Å². The summed E-state index contributed by atoms with van der Waals surface area (Å²) in [5, 5.41) is 10.8. The molecule has 0 amide bonds. The van der Waals surface area contributed by atoms with Crippen molar-refractivity contribution in [1.82, 2.24) is 0 Å². The van der Waals surface area contributed by atoms with Gasteiger partial charge in [-0.1, -0.05) is 67.2 Å². The molecule has 0 unspecified atom stereocenters. The van der Waals surface area contributed by atoms with Gasteiger partial charge < -0.3 is 5.11 Å². The van der Waals surface area contributed by atoms with E-state index in [9.17, 15) is 9.90 Å². The number of hydrogen-bond acceptors (Lipinski definition) is 2. The van der Waals surface area contributed by atoms with Crippen LogP contribution in [0.15, 0.2) is 12.1 Å². The molecule has 0 heterocycles. The normalized spacial score (nSPS) is 17.6. The van der Waals surface area contributed by atoms with Crippen LogP contribution in [0, 0.1) is 5.92 Å². The summed E-state index contributed by atoms with van der Waals surface area (Å²) in [6.07, 6.45) is 6.84. The van der Waals surface area contributed by atoms with E-state index < -0.39 is 0 Å². The maximum absolute atomic E-state index is 13.1. The van der Waals surface area contributed by atoms with Gasteiger partial charge in [0.1, 0.15) is 5.75 Å². The molecular weight excluding hydrogens is 296 g/mol. The molecule has 0 aliphatic heterocycles. The molecule has 1 aromatic carbocycles. The molecule has 0 atom stereocenters. The summed E-state index contributed by atoms with van der Waals surface area (Å²) in [4.78, 5) is 13.1. The van der Waals surface area contributed by atoms with Crippen molar-refractivity contribution in [2.24, 2.45) is 5.92 Å². The zero-order chi connectivity index (χ0) is 18.1. The van der Waals surface area contributed by atoms with Gasteiger partial charge in [0.2, 0.25) is 0 Å². The van der Waals surface area contributed by atoms with Crippen LogP contribution in [0.3, 0.4) is 0 Å². The first-order valence-electron chi connectivity index (χ1n) is 9.44. The van der Waals surface area contributed by atoms with E-state index in [4.69, 9.17) is 0 Å². The van der Waals surface area contributed by atoms with Crippen molar-refractivity contribution in [1.29, 1.82) is 0 Å². The van der Waals surface area contributed by atoms with Gasteiger partial charge in [-0.05, 0) is 35.8 Å². The molecule has 134 valence electrons. The van der Waals surface area contributed by atoms with Crippen molar-refractivity contribution in [2.75, 3.05) is 0 Å². The molecular formula is C22H34O2. The number of ketones is 1. The van der Waals surface area contributed by atoms with Crippen molar-refractivity contribution in [3.05, 3.63) is 28.8 Å². The molecule has 2 heteroatoms. The van der Waals surface area contributed by atoms with E-state index in [1.54, 1.807) is 0 Å². The van der Waals surface area contributed by atoms with Crippen molar-refractivity contribution in [3.63, 3.8) is 0 Å². The van der Waals surface area contributed by atoms with Gasteiger partial charge in [0.15, 0.2) is 5.78 Å². The van der Waals surface area contributed by atoms with E-state index in [0.29, 0.717) is 5.75 Å². The van der Waals surface area contributed by atoms with Crippen LogP contribution in [0.2, 0.25) is 0 Å². The van der Waals surface area contributed by atoms with Crippen LogP contribution in [0.5, 0.6) is 5.75 Å². The lowest BCUT2D eigenvalue weighted by Gasteiger charge is -2.28. The Morgan fingerprint density at radius 1 is 0.875 bits per heavy atom. The first kappa shape index (κ1) is 19.0. The Labute approximate surface area is 147 Å². The first-order chi connectivity index (χ1) is 11.0. The molecule has 2 nitrogen and oxygen atoms in total. The predicted octanol–water partition coefficient (Wildman–Crippen LogP) is 6.14. The standard InChI is InChI=1S/C22H34O2/c1-21(2,3)17-13-16(14-18(20(17)24)22(4,5)6)19(23)15-11-9-7-8-10-12-15/h13-15,24H,7-12H2,1-6H3. The fourth-order valence-corrected chi connectivity index (χ4v) is 3.70. The van der Waals surface area contributed by atoms with E-state index in [-0.39, 0.29) is 22.5 Å². The Bertz CT molecular complexity index is 556. The third-order valence-electron chi connectivity index (χ3n) is 5.24. The number of phenols is 1. The first-order valence-corrected chi connectivity index (χ1v) is 9.44. The Kier molecular flexibility index (Phi) is 5.47. The van der Waals surface area contributed by atoms with Gasteiger partial charge in [-0.2, -0.15) is 0 Å². The molecule has 1 aliphatic rings. The molecule has 1 aliphatic carbocycles. The topological polar surface area (TPSA) is 37.3 Å². The summed E-state index contributed by atoms with van der Waals surface area (Å²) >= 11 is 0. The van der Waals surface area contributed by atoms with Gasteiger partial charge in [0.05, 0.1) is 0 Å². The number of Topliss-reactive ketones (excluding diaryl/α,β-unsaturated/α-hetero) is 1. The maximum Gasteiger partial charge on any atom is 0.165 e. The highest BCUT2D eigenvalue weighted by Crippen LogP contribution is 2.40. The number of benzene rings is 1. The van der Waals surface area contributed by atoms with Crippen LogP contribution >= 0.6 is 0 Å². The third-order valence-corrected chi connectivity index (χ3v) is 5.24. The second kappa shape index (κ2) is 6.90. The SMILES string of the molecule is CC(C)(C)c1cc(C(=O)C2CCCCCC2)cc(C(C)(C)C)c1O. The maximum atomic E-state index is 13.1. The zero-order valence-electron chi connectivity index (χ0n) is 16.3. The number of carbonyl (C=O) groups excluding carboxylic acids is 1. The number of hydrogen-bond donors (Lipinski definition) is 1. The van der Waals surface area contributed by atoms with Crippen LogP contribution in [-0.2, 0) is 10.8 Å². The van der Waals surface area contributed by atoms with Crippen LogP contribution in [-0.4, -0.2) is 10.9 Å². The van der Waals surface area contributed by atoms with Gasteiger partial charge >= 0.3 is 0 Å². The van der Waals surface area contributed by atoms with Gasteiger partial charge in [-0.25, -0.2) is 0 Å². The molecule has 24 heavy (non-hydrogen) atoms. The summed E-state index contributed by atoms with van der Waals surface area (Å²) in [5.74, 6) is 0.776. The summed E-state index contributed by atoms with van der Waals surface area (Å²) in [6.45, 7) is 12.5. The molecule has 0 aromatic heterocycles. The molecule has 1 aromatic rings. The highest BCUT2D eigenvalue weighted by Gasteiger charge is 2.29. The van der Waals surface area contributed by atoms with Crippen LogP contribution in [0.1, 0.15) is 102 Å². The van der Waals surface area contributed by atoms with Gasteiger partial charge in [-0.15, -0.1) is 0 Å². The quantitative estimate of drug-likeness (QED) is 0.522. The molecule has 1 N–H and O–H groups in total. The smallest absolute Gasteiger partial charge is 0.165 e. The van der Waals surface area contributed by atoms with Crippen molar-refractivity contribution in [3.8, 4) is 5.75 Å². The van der Waals surface area contributed by atoms with Crippen LogP contribution in [0.4, 0.5) is 0 Å². The molecule has 0 saturated heterocycles. The average molecular weight is 331 g/mol. The Balaban J connectivity index is 2.51. The average Bonchev–Trinajstić information content (AvgIpc) is 2.73. The lowest BCUT2D eigenvalue weighted by molar-refractivity contribution is 0.0907. The number of phenolic OH excluding ortho intramolecular Hbond substituents is 1. The zero-order valence-corrected chi connectivity index (χ0v) is 16.3. The minimum Gasteiger partial charge on any atom is -0.507 e. The predicted molar refractivity (Wildman–Crippen MR) is 101 cm³/mol. The van der Waals surface area contributed by atoms with E-state index in [0.717, 1.165) is 42.4 Å². The minimum atomic E-state index is -0.191. The number of aromatic hydroxyl groups is 1. The molecule has 0 spiro atoms. The molecule has 2 rings (SSSR count). The second-order valence-corrected chi connectivity index (χ2v) is 9.47. The molecule has 1 fully saturated rings. The second-order valence-electron chi connectivity index (χ2n) is 9.47. The summed E-state index contributed by atoms with van der Waals surface area (Å²) < 4.78 is 0. The Morgan fingerprint density at radius 2 is 1.29 bits per heavy atom.